The van der Waals surface area contributed by atoms with E-state index in [1.807, 2.05) is 0 Å². The summed E-state index contributed by atoms with van der Waals surface area (Å²) in [5, 5.41) is 25.2. The molecular weight excluding hydrogens is 308 g/mol. The normalized spacial score (nSPS) is 3.86. The third kappa shape index (κ3) is 41.5. The maximum atomic E-state index is 8.42. The first-order valence-electron chi connectivity index (χ1n) is 0.707. The molecule has 0 amide bonds. The average Bonchev–Trinajstić information content (AvgIpc) is 0.811. The van der Waals surface area contributed by atoms with E-state index in [2.05, 4.69) is 0 Å². The molecule has 0 rings (SSSR count). The van der Waals surface area contributed by atoms with Crippen molar-refractivity contribution in [3.8, 4) is 0 Å². The molecule has 0 aliphatic heterocycles. The average molecular weight is 308 g/mol. The first-order valence-corrected chi connectivity index (χ1v) is 0.707. The molecule has 0 bridgehead atoms. The largest absolute Gasteiger partial charge is 2.00 e. The Hall–Kier alpha value is 3.76. The Morgan fingerprint density at radius 1 is 1.00 bits per heavy atom. The molecule has 0 aromatic rings. The van der Waals surface area contributed by atoms with Gasteiger partial charge in [0, 0.05) is 0 Å². The van der Waals surface area contributed by atoms with E-state index in [0.717, 1.165) is 0 Å². The van der Waals surface area contributed by atoms with Crippen LogP contribution in [0.25, 0.3) is 0 Å². The topological polar surface area (TPSA) is 69.2 Å². The van der Waals surface area contributed by atoms with E-state index in [1.165, 1.54) is 0 Å². The Labute approximate surface area is 136 Å². The summed E-state index contributed by atoms with van der Waals surface area (Å²) in [6, 6.07) is 0. The molecule has 0 aliphatic rings. The van der Waals surface area contributed by atoms with Gasteiger partial charge in [-0.2, -0.15) is 0 Å². The van der Waals surface area contributed by atoms with E-state index < -0.39 is 7.32 Å². The van der Waals surface area contributed by atoms with Crippen LogP contribution in [0.5, 0.6) is 0 Å². The van der Waals surface area contributed by atoms with Gasteiger partial charge in [-0.1, -0.05) is 0 Å². The zero-order valence-corrected chi connectivity index (χ0v) is 13.3. The Bertz CT molecular complexity index is 19.7. The summed E-state index contributed by atoms with van der Waals surface area (Å²) in [6.45, 7) is 0. The minimum absolute atomic E-state index is 0. The second-order valence-electron chi connectivity index (χ2n) is 0.289. The summed E-state index contributed by atoms with van der Waals surface area (Å²) in [6.07, 6.45) is 0. The fourth-order valence-corrected chi connectivity index (χ4v) is 0. The number of hydrogen-bond donors (Lipinski definition) is 0. The van der Waals surface area contributed by atoms with Gasteiger partial charge in [0.15, 0.2) is 0 Å². The summed E-state index contributed by atoms with van der Waals surface area (Å²) in [4.78, 5) is 0. The molecule has 0 radical (unpaired) electrons. The fourth-order valence-electron chi connectivity index (χ4n) is 0. The van der Waals surface area contributed by atoms with Gasteiger partial charge in [0.2, 0.25) is 0 Å². The first-order chi connectivity index (χ1) is 1.73. The molecule has 0 spiro atoms. The molecular formula is BBaMgO3Sr+3. The van der Waals surface area contributed by atoms with Crippen LogP contribution in [0.3, 0.4) is 0 Å². The van der Waals surface area contributed by atoms with Crippen molar-refractivity contribution in [1.82, 2.24) is 0 Å². The Balaban J connectivity index is -0.0000000150. The molecule has 0 heterocycles. The van der Waals surface area contributed by atoms with Crippen molar-refractivity contribution in [2.75, 3.05) is 0 Å². The van der Waals surface area contributed by atoms with Gasteiger partial charge in [-0.15, -0.1) is 0 Å². The van der Waals surface area contributed by atoms with E-state index in [4.69, 9.17) is 15.1 Å². The van der Waals surface area contributed by atoms with E-state index in [0.29, 0.717) is 0 Å². The Kier molecular flexibility index (Phi) is 52.5. The molecule has 0 aromatic heterocycles. The molecule has 0 aromatic carbocycles. The molecule has 7 heavy (non-hydrogen) atoms. The van der Waals surface area contributed by atoms with Gasteiger partial charge >= 0.3 is 117 Å². The standard InChI is InChI=1S/BO3.Ba.Mg.Sr/c2-1(3)4;;;/q-3;3*+2. The van der Waals surface area contributed by atoms with Crippen molar-refractivity contribution in [1.29, 1.82) is 0 Å². The van der Waals surface area contributed by atoms with Gasteiger partial charge in [-0.3, -0.25) is 7.32 Å². The van der Waals surface area contributed by atoms with Crippen molar-refractivity contribution in [2.45, 2.75) is 0 Å². The molecule has 0 unspecified atom stereocenters. The summed E-state index contributed by atoms with van der Waals surface area (Å²) >= 11 is 0. The molecule has 0 saturated heterocycles. The van der Waals surface area contributed by atoms with Crippen LogP contribution in [0.4, 0.5) is 0 Å². The zero-order valence-electron chi connectivity index (χ0n) is 3.92. The van der Waals surface area contributed by atoms with Gasteiger partial charge in [0.25, 0.3) is 0 Å². The SMILES string of the molecule is [Ba+2].[Mg+2].[O-]B([O-])[O-].[Sr+2]. The van der Waals surface area contributed by atoms with Gasteiger partial charge in [-0.25, -0.2) is 0 Å². The molecule has 0 N–H and O–H groups in total. The van der Waals surface area contributed by atoms with Crippen LogP contribution >= 0.6 is 0 Å². The van der Waals surface area contributed by atoms with Crippen LogP contribution in [0.1, 0.15) is 0 Å². The van der Waals surface area contributed by atoms with Crippen LogP contribution in [-0.4, -0.2) is 125 Å². The van der Waals surface area contributed by atoms with Crippen molar-refractivity contribution in [3.63, 3.8) is 0 Å². The van der Waals surface area contributed by atoms with E-state index >= 15 is 0 Å². The van der Waals surface area contributed by atoms with Crippen molar-refractivity contribution < 1.29 is 15.1 Å². The predicted octanol–water partition coefficient (Wildman–Crippen LogP) is -5.09. The van der Waals surface area contributed by atoms with Gasteiger partial charge in [0.05, 0.1) is 0 Å². The minimum Gasteiger partial charge on any atom is -0.907 e. The van der Waals surface area contributed by atoms with Crippen LogP contribution in [-0.2, 0) is 0 Å². The van der Waals surface area contributed by atoms with Crippen LogP contribution in [0.15, 0.2) is 0 Å². The fraction of sp³-hybridized carbons (Fsp3) is 0. The molecule has 3 nitrogen and oxygen atoms in total. The Morgan fingerprint density at radius 3 is 1.00 bits per heavy atom. The summed E-state index contributed by atoms with van der Waals surface area (Å²) in [5.74, 6) is 0. The maximum Gasteiger partial charge on any atom is 2.00 e. The van der Waals surface area contributed by atoms with Crippen molar-refractivity contribution in [2.24, 2.45) is 0 Å². The van der Waals surface area contributed by atoms with E-state index in [-0.39, 0.29) is 117 Å². The van der Waals surface area contributed by atoms with Crippen LogP contribution < -0.4 is 15.1 Å². The third-order valence-corrected chi connectivity index (χ3v) is 0. The molecule has 0 atom stereocenters. The summed E-state index contributed by atoms with van der Waals surface area (Å²) in [5.41, 5.74) is 0. The molecule has 24 valence electrons. The quantitative estimate of drug-likeness (QED) is 0.421. The van der Waals surface area contributed by atoms with Crippen molar-refractivity contribution in [3.05, 3.63) is 0 Å². The van der Waals surface area contributed by atoms with Gasteiger partial charge in [0.1, 0.15) is 0 Å². The monoisotopic (exact) mass is 309 g/mol. The second kappa shape index (κ2) is 16.4. The second-order valence-corrected chi connectivity index (χ2v) is 0.289. The molecule has 7 heteroatoms. The smallest absolute Gasteiger partial charge is 0.907 e. The van der Waals surface area contributed by atoms with Crippen LogP contribution in [0, 0.1) is 0 Å². The number of rotatable bonds is 0. The summed E-state index contributed by atoms with van der Waals surface area (Å²) in [7, 11) is -2.92. The van der Waals surface area contributed by atoms with Crippen LogP contribution in [0.2, 0.25) is 0 Å². The molecule has 0 saturated carbocycles. The third-order valence-electron chi connectivity index (χ3n) is 0. The minimum atomic E-state index is -2.92. The van der Waals surface area contributed by atoms with Crippen molar-refractivity contribution >= 4 is 125 Å². The van der Waals surface area contributed by atoms with E-state index in [9.17, 15) is 0 Å². The predicted molar refractivity (Wildman–Crippen MR) is 23.0 cm³/mol. The zero-order chi connectivity index (χ0) is 3.58. The van der Waals surface area contributed by atoms with Gasteiger partial charge in [-0.05, 0) is 0 Å². The maximum absolute atomic E-state index is 8.42. The molecule has 0 fully saturated rings. The first kappa shape index (κ1) is 22.4. The summed E-state index contributed by atoms with van der Waals surface area (Å²) < 4.78 is 0. The van der Waals surface area contributed by atoms with Gasteiger partial charge < -0.3 is 15.1 Å². The Morgan fingerprint density at radius 2 is 1.00 bits per heavy atom. The molecule has 0 aliphatic carbocycles. The van der Waals surface area contributed by atoms with E-state index in [1.54, 1.807) is 0 Å². The number of hydrogen-bond acceptors (Lipinski definition) is 3.